The summed E-state index contributed by atoms with van der Waals surface area (Å²) >= 11 is 0. The first kappa shape index (κ1) is 17.0. The molecule has 4 heteroatoms. The Kier molecular flexibility index (Phi) is 7.63. The quantitative estimate of drug-likeness (QED) is 0.673. The van der Waals surface area contributed by atoms with Crippen LogP contribution >= 0.6 is 0 Å². The van der Waals surface area contributed by atoms with E-state index in [-0.39, 0.29) is 23.8 Å². The van der Waals surface area contributed by atoms with Crippen molar-refractivity contribution in [2.45, 2.75) is 59.3 Å². The maximum absolute atomic E-state index is 11.9. The molecule has 0 spiro atoms. The molecule has 0 bridgehead atoms. The van der Waals surface area contributed by atoms with Crippen molar-refractivity contribution in [1.29, 1.82) is 0 Å². The molecule has 1 fully saturated rings. The minimum Gasteiger partial charge on any atom is -0.465 e. The normalized spacial score (nSPS) is 23.9. The largest absolute Gasteiger partial charge is 0.465 e. The summed E-state index contributed by atoms with van der Waals surface area (Å²) in [6.07, 6.45) is 5.36. The molecule has 0 heterocycles. The smallest absolute Gasteiger partial charge is 0.308 e. The molecule has 0 aliphatic heterocycles. The van der Waals surface area contributed by atoms with E-state index in [0.717, 1.165) is 38.0 Å². The van der Waals surface area contributed by atoms with E-state index in [1.165, 1.54) is 0 Å². The van der Waals surface area contributed by atoms with Gasteiger partial charge in [-0.15, -0.1) is 0 Å². The molecule has 0 unspecified atom stereocenters. The van der Waals surface area contributed by atoms with E-state index >= 15 is 0 Å². The van der Waals surface area contributed by atoms with Crippen LogP contribution in [0.25, 0.3) is 0 Å². The van der Waals surface area contributed by atoms with E-state index < -0.39 is 0 Å². The number of rotatable bonds is 7. The molecule has 1 aliphatic rings. The van der Waals surface area contributed by atoms with E-state index in [2.05, 4.69) is 6.92 Å². The fourth-order valence-corrected chi connectivity index (χ4v) is 2.40. The third-order valence-corrected chi connectivity index (χ3v) is 3.84. The Morgan fingerprint density at radius 1 is 1.10 bits per heavy atom. The molecule has 20 heavy (non-hydrogen) atoms. The highest BCUT2D eigenvalue weighted by Crippen LogP contribution is 2.29. The first-order valence-corrected chi connectivity index (χ1v) is 7.85. The fourth-order valence-electron chi connectivity index (χ4n) is 2.40. The van der Waals surface area contributed by atoms with Crippen molar-refractivity contribution >= 4 is 11.9 Å². The van der Waals surface area contributed by atoms with Crippen molar-refractivity contribution < 1.29 is 19.1 Å². The lowest BCUT2D eigenvalue weighted by atomic mass is 9.83. The van der Waals surface area contributed by atoms with Crippen LogP contribution in [0, 0.1) is 17.8 Å². The SMILES string of the molecule is CCCC(=O)OC[C@@H](C)COC(=O)C1CCC(C)CC1. The maximum atomic E-state index is 11.9. The Morgan fingerprint density at radius 2 is 1.70 bits per heavy atom. The molecule has 0 amide bonds. The highest BCUT2D eigenvalue weighted by atomic mass is 16.5. The van der Waals surface area contributed by atoms with Gasteiger partial charge in [0.25, 0.3) is 0 Å². The average molecular weight is 284 g/mol. The summed E-state index contributed by atoms with van der Waals surface area (Å²) in [4.78, 5) is 23.2. The average Bonchev–Trinajstić information content (AvgIpc) is 2.43. The monoisotopic (exact) mass is 284 g/mol. The van der Waals surface area contributed by atoms with Crippen LogP contribution in [0.15, 0.2) is 0 Å². The summed E-state index contributed by atoms with van der Waals surface area (Å²) in [5.41, 5.74) is 0. The highest BCUT2D eigenvalue weighted by molar-refractivity contribution is 5.72. The Balaban J connectivity index is 2.15. The Morgan fingerprint density at radius 3 is 2.30 bits per heavy atom. The van der Waals surface area contributed by atoms with E-state index in [1.54, 1.807) is 0 Å². The molecular weight excluding hydrogens is 256 g/mol. The minimum absolute atomic E-state index is 0.0577. The number of ether oxygens (including phenoxy) is 2. The summed E-state index contributed by atoms with van der Waals surface area (Å²) in [6, 6.07) is 0. The zero-order chi connectivity index (χ0) is 15.0. The Labute approximate surface area is 122 Å². The molecule has 116 valence electrons. The number of esters is 2. The van der Waals surface area contributed by atoms with Gasteiger partial charge in [-0.2, -0.15) is 0 Å². The molecule has 0 aromatic carbocycles. The second-order valence-electron chi connectivity index (χ2n) is 6.13. The molecule has 0 aromatic rings. The van der Waals surface area contributed by atoms with Crippen molar-refractivity contribution in [2.24, 2.45) is 17.8 Å². The van der Waals surface area contributed by atoms with E-state index in [9.17, 15) is 9.59 Å². The fraction of sp³-hybridized carbons (Fsp3) is 0.875. The van der Waals surface area contributed by atoms with Gasteiger partial charge in [-0.3, -0.25) is 9.59 Å². The summed E-state index contributed by atoms with van der Waals surface area (Å²) in [5, 5.41) is 0. The van der Waals surface area contributed by atoms with Gasteiger partial charge >= 0.3 is 11.9 Å². The molecule has 1 aliphatic carbocycles. The highest BCUT2D eigenvalue weighted by Gasteiger charge is 2.25. The molecular formula is C16H28O4. The third kappa shape index (κ3) is 6.40. The summed E-state index contributed by atoms with van der Waals surface area (Å²) in [6.45, 7) is 6.76. The first-order valence-electron chi connectivity index (χ1n) is 7.85. The lowest BCUT2D eigenvalue weighted by Gasteiger charge is -2.25. The van der Waals surface area contributed by atoms with Crippen LogP contribution < -0.4 is 0 Å². The Hall–Kier alpha value is -1.06. The molecule has 4 nitrogen and oxygen atoms in total. The van der Waals surface area contributed by atoms with Gasteiger partial charge in [-0.1, -0.05) is 20.8 Å². The maximum Gasteiger partial charge on any atom is 0.308 e. The predicted molar refractivity (Wildman–Crippen MR) is 77.1 cm³/mol. The number of hydrogen-bond acceptors (Lipinski definition) is 4. The molecule has 0 saturated heterocycles. The van der Waals surface area contributed by atoms with Gasteiger partial charge in [0.2, 0.25) is 0 Å². The van der Waals surface area contributed by atoms with E-state index in [1.807, 2.05) is 13.8 Å². The molecule has 0 radical (unpaired) electrons. The molecule has 0 N–H and O–H groups in total. The third-order valence-electron chi connectivity index (χ3n) is 3.84. The molecule has 0 aromatic heterocycles. The zero-order valence-electron chi connectivity index (χ0n) is 13.0. The number of carbonyl (C=O) groups excluding carboxylic acids is 2. The van der Waals surface area contributed by atoms with E-state index in [0.29, 0.717) is 19.6 Å². The number of hydrogen-bond donors (Lipinski definition) is 0. The van der Waals surface area contributed by atoms with Gasteiger partial charge in [0.1, 0.15) is 0 Å². The first-order chi connectivity index (χ1) is 9.52. The van der Waals surface area contributed by atoms with E-state index in [4.69, 9.17) is 9.47 Å². The zero-order valence-corrected chi connectivity index (χ0v) is 13.0. The van der Waals surface area contributed by atoms with Gasteiger partial charge in [-0.05, 0) is 38.0 Å². The molecule has 1 rings (SSSR count). The van der Waals surface area contributed by atoms with Crippen LogP contribution in [0.4, 0.5) is 0 Å². The van der Waals surface area contributed by atoms with Gasteiger partial charge in [0, 0.05) is 12.3 Å². The van der Waals surface area contributed by atoms with Gasteiger partial charge in [-0.25, -0.2) is 0 Å². The number of carbonyl (C=O) groups is 2. The standard InChI is InChI=1S/C16H28O4/c1-4-5-15(17)19-10-13(3)11-20-16(18)14-8-6-12(2)7-9-14/h12-14H,4-11H2,1-3H3/t12?,13-,14?/m1/s1. The second kappa shape index (κ2) is 8.98. The Bertz CT molecular complexity index is 306. The summed E-state index contributed by atoms with van der Waals surface area (Å²) < 4.78 is 10.4. The van der Waals surface area contributed by atoms with Crippen molar-refractivity contribution in [2.75, 3.05) is 13.2 Å². The molecule has 1 atom stereocenters. The van der Waals surface area contributed by atoms with Crippen molar-refractivity contribution in [1.82, 2.24) is 0 Å². The van der Waals surface area contributed by atoms with Crippen LogP contribution in [0.3, 0.4) is 0 Å². The summed E-state index contributed by atoms with van der Waals surface area (Å²) in [5.74, 6) is 0.606. The van der Waals surface area contributed by atoms with Crippen molar-refractivity contribution in [3.63, 3.8) is 0 Å². The van der Waals surface area contributed by atoms with Crippen LogP contribution in [-0.4, -0.2) is 25.2 Å². The van der Waals surface area contributed by atoms with Crippen molar-refractivity contribution in [3.8, 4) is 0 Å². The minimum atomic E-state index is -0.174. The van der Waals surface area contributed by atoms with Crippen molar-refractivity contribution in [3.05, 3.63) is 0 Å². The van der Waals surface area contributed by atoms with Crippen LogP contribution in [0.2, 0.25) is 0 Å². The lowest BCUT2D eigenvalue weighted by Crippen LogP contribution is -2.25. The van der Waals surface area contributed by atoms with Crippen LogP contribution in [0.5, 0.6) is 0 Å². The second-order valence-corrected chi connectivity index (χ2v) is 6.13. The predicted octanol–water partition coefficient (Wildman–Crippen LogP) is 3.34. The van der Waals surface area contributed by atoms with Crippen LogP contribution in [-0.2, 0) is 19.1 Å². The molecule has 1 saturated carbocycles. The van der Waals surface area contributed by atoms with Gasteiger partial charge in [0.05, 0.1) is 19.1 Å². The lowest BCUT2D eigenvalue weighted by molar-refractivity contribution is -0.153. The topological polar surface area (TPSA) is 52.6 Å². The van der Waals surface area contributed by atoms with Gasteiger partial charge < -0.3 is 9.47 Å². The van der Waals surface area contributed by atoms with Gasteiger partial charge in [0.15, 0.2) is 0 Å². The summed E-state index contributed by atoms with van der Waals surface area (Å²) in [7, 11) is 0. The van der Waals surface area contributed by atoms with Crippen LogP contribution in [0.1, 0.15) is 59.3 Å².